The largest absolute Gasteiger partial charge is 0.368 e. The van der Waals surface area contributed by atoms with Crippen molar-refractivity contribution in [3.05, 3.63) is 78.6 Å². The van der Waals surface area contributed by atoms with Gasteiger partial charge in [0.1, 0.15) is 5.69 Å². The van der Waals surface area contributed by atoms with E-state index in [0.717, 1.165) is 16.7 Å². The molecule has 3 N–H and O–H groups in total. The molecule has 0 bridgehead atoms. The zero-order chi connectivity index (χ0) is 22.2. The van der Waals surface area contributed by atoms with Crippen molar-refractivity contribution in [2.24, 2.45) is 5.92 Å². The van der Waals surface area contributed by atoms with Crippen LogP contribution in [0, 0.1) is 19.8 Å². The maximum atomic E-state index is 13.5. The predicted octanol–water partition coefficient (Wildman–Crippen LogP) is 2.15. The number of ketones is 1. The highest BCUT2D eigenvalue weighted by atomic mass is 16.5. The van der Waals surface area contributed by atoms with Crippen molar-refractivity contribution < 1.29 is 15.0 Å². The Morgan fingerprint density at radius 1 is 1.17 bits per heavy atom. The normalized spacial score (nSPS) is 16.4. The number of carbonyl (C=O) groups is 1. The molecule has 0 radical (unpaired) electrons. The van der Waals surface area contributed by atoms with Gasteiger partial charge in [-0.1, -0.05) is 42.7 Å². The van der Waals surface area contributed by atoms with E-state index in [4.69, 9.17) is 0 Å². The van der Waals surface area contributed by atoms with Gasteiger partial charge >= 0.3 is 5.69 Å². The van der Waals surface area contributed by atoms with E-state index in [1.54, 1.807) is 18.2 Å². The molecule has 1 atom stereocenters. The Morgan fingerprint density at radius 3 is 2.33 bits per heavy atom. The summed E-state index contributed by atoms with van der Waals surface area (Å²) in [7, 11) is 0. The van der Waals surface area contributed by atoms with Crippen LogP contribution < -0.4 is 11.2 Å². The van der Waals surface area contributed by atoms with Gasteiger partial charge in [-0.15, -0.1) is 0 Å². The average Bonchev–Trinajstić information content (AvgIpc) is 3.10. The topological polar surface area (TPSA) is 112 Å². The minimum absolute atomic E-state index is 0.0950. The van der Waals surface area contributed by atoms with Crippen LogP contribution in [0.25, 0.3) is 0 Å². The Kier molecular flexibility index (Phi) is 6.24. The van der Waals surface area contributed by atoms with Crippen LogP contribution in [-0.4, -0.2) is 31.8 Å². The molecule has 1 unspecified atom stereocenters. The summed E-state index contributed by atoms with van der Waals surface area (Å²) < 4.78 is 1.31. The fourth-order valence-electron chi connectivity index (χ4n) is 4.15. The number of aliphatic hydroxyl groups excluding tert-OH is 1. The van der Waals surface area contributed by atoms with Crippen molar-refractivity contribution >= 4 is 5.78 Å². The molecular formula is C23H28N2O5. The van der Waals surface area contributed by atoms with Gasteiger partial charge in [-0.25, -0.2) is 4.79 Å². The van der Waals surface area contributed by atoms with E-state index in [-0.39, 0.29) is 29.5 Å². The first kappa shape index (κ1) is 21.9. The molecule has 1 aliphatic rings. The third kappa shape index (κ3) is 4.37. The minimum atomic E-state index is -1.46. The van der Waals surface area contributed by atoms with Gasteiger partial charge < -0.3 is 10.2 Å². The molecule has 30 heavy (non-hydrogen) atoms. The van der Waals surface area contributed by atoms with Gasteiger partial charge in [0, 0.05) is 23.6 Å². The number of nitrogens with zero attached hydrogens (tertiary/aromatic N) is 1. The molecule has 7 nitrogen and oxygen atoms in total. The van der Waals surface area contributed by atoms with Crippen LogP contribution in [-0.2, 0) is 6.54 Å². The highest BCUT2D eigenvalue weighted by Gasteiger charge is 2.27. The summed E-state index contributed by atoms with van der Waals surface area (Å²) in [4.78, 5) is 41.2. The second-order valence-corrected chi connectivity index (χ2v) is 8.41. The first-order valence-electron chi connectivity index (χ1n) is 10.1. The van der Waals surface area contributed by atoms with Crippen molar-refractivity contribution in [2.75, 3.05) is 0 Å². The first-order valence-corrected chi connectivity index (χ1v) is 10.1. The lowest BCUT2D eigenvalue weighted by molar-refractivity contribution is -0.0696. The smallest absolute Gasteiger partial charge is 0.329 e. The standard InChI is InChI=1S/C23H28N2O5/c1-12(2)18-19(20(26)17-8-13(3)7-14(4)9-17)25(23(30)24-21(18)27)11-15-5-6-16(10-15)22(28)29/h7-10,12,16,22,28-29H,5-6,11H2,1-4H3,(H,24,27,30). The summed E-state index contributed by atoms with van der Waals surface area (Å²) in [5.74, 6) is -1.04. The molecule has 1 aliphatic carbocycles. The third-order valence-electron chi connectivity index (χ3n) is 5.50. The van der Waals surface area contributed by atoms with Crippen LogP contribution in [0.15, 0.2) is 39.4 Å². The SMILES string of the molecule is Cc1cc(C)cc(C(=O)c2c(C(C)C)c(=O)[nH]c(=O)n2CC2=CC(C(O)O)CC2)c1. The predicted molar refractivity (Wildman–Crippen MR) is 114 cm³/mol. The summed E-state index contributed by atoms with van der Waals surface area (Å²) in [6.07, 6.45) is 1.42. The van der Waals surface area contributed by atoms with Crippen molar-refractivity contribution in [3.8, 4) is 0 Å². The van der Waals surface area contributed by atoms with E-state index in [1.807, 2.05) is 33.8 Å². The van der Waals surface area contributed by atoms with Crippen LogP contribution in [0.5, 0.6) is 0 Å². The summed E-state index contributed by atoms with van der Waals surface area (Å²) >= 11 is 0. The number of nitrogens with one attached hydrogen (secondary N) is 1. The molecule has 0 aliphatic heterocycles. The molecule has 1 heterocycles. The Hall–Kier alpha value is -2.77. The van der Waals surface area contributed by atoms with E-state index in [1.165, 1.54) is 4.57 Å². The maximum Gasteiger partial charge on any atom is 0.329 e. The molecule has 0 amide bonds. The highest BCUT2D eigenvalue weighted by molar-refractivity contribution is 6.09. The number of carbonyl (C=O) groups excluding carboxylic acids is 1. The number of hydrogen-bond acceptors (Lipinski definition) is 5. The summed E-state index contributed by atoms with van der Waals surface area (Å²) in [5.41, 5.74) is 2.26. The zero-order valence-electron chi connectivity index (χ0n) is 17.7. The van der Waals surface area contributed by atoms with E-state index in [2.05, 4.69) is 4.98 Å². The Labute approximate surface area is 174 Å². The highest BCUT2D eigenvalue weighted by Crippen LogP contribution is 2.28. The molecule has 0 fully saturated rings. The monoisotopic (exact) mass is 412 g/mol. The fourth-order valence-corrected chi connectivity index (χ4v) is 4.15. The summed E-state index contributed by atoms with van der Waals surface area (Å²) in [5, 5.41) is 18.9. The summed E-state index contributed by atoms with van der Waals surface area (Å²) in [6.45, 7) is 7.52. The molecule has 3 rings (SSSR count). The fraction of sp³-hybridized carbons (Fsp3) is 0.435. The summed E-state index contributed by atoms with van der Waals surface area (Å²) in [6, 6.07) is 5.46. The molecule has 0 spiro atoms. The number of aliphatic hydroxyl groups is 2. The maximum absolute atomic E-state index is 13.5. The van der Waals surface area contributed by atoms with Crippen LogP contribution in [0.3, 0.4) is 0 Å². The van der Waals surface area contributed by atoms with Crippen molar-refractivity contribution in [1.29, 1.82) is 0 Å². The molecule has 1 aromatic carbocycles. The van der Waals surface area contributed by atoms with Crippen molar-refractivity contribution in [1.82, 2.24) is 9.55 Å². The number of H-pyrrole nitrogens is 1. The Balaban J connectivity index is 2.19. The Morgan fingerprint density at radius 2 is 1.80 bits per heavy atom. The molecular weight excluding hydrogens is 384 g/mol. The number of allylic oxidation sites excluding steroid dienone is 1. The van der Waals surface area contributed by atoms with Crippen molar-refractivity contribution in [2.45, 2.75) is 59.3 Å². The number of aromatic amines is 1. The average molecular weight is 412 g/mol. The third-order valence-corrected chi connectivity index (χ3v) is 5.50. The lowest BCUT2D eigenvalue weighted by atomic mass is 9.95. The number of aromatic nitrogens is 2. The minimum Gasteiger partial charge on any atom is -0.368 e. The van der Waals surface area contributed by atoms with E-state index >= 15 is 0 Å². The molecule has 1 aromatic heterocycles. The second kappa shape index (κ2) is 8.53. The van der Waals surface area contributed by atoms with E-state index in [9.17, 15) is 24.6 Å². The first-order chi connectivity index (χ1) is 14.1. The van der Waals surface area contributed by atoms with E-state index in [0.29, 0.717) is 18.4 Å². The zero-order valence-corrected chi connectivity index (χ0v) is 17.7. The lowest BCUT2D eigenvalue weighted by Crippen LogP contribution is -2.38. The van der Waals surface area contributed by atoms with Gasteiger partial charge in [0.15, 0.2) is 6.29 Å². The van der Waals surface area contributed by atoms with Crippen LogP contribution in [0.4, 0.5) is 0 Å². The van der Waals surface area contributed by atoms with E-state index < -0.39 is 23.5 Å². The molecule has 2 aromatic rings. The van der Waals surface area contributed by atoms with Gasteiger partial charge in [0.05, 0.1) is 0 Å². The molecule has 0 saturated carbocycles. The van der Waals surface area contributed by atoms with Crippen LogP contribution in [0.1, 0.15) is 65.3 Å². The van der Waals surface area contributed by atoms with Crippen LogP contribution >= 0.6 is 0 Å². The van der Waals surface area contributed by atoms with Gasteiger partial charge in [-0.05, 0) is 44.7 Å². The Bertz CT molecular complexity index is 1100. The number of benzene rings is 1. The van der Waals surface area contributed by atoms with Crippen LogP contribution in [0.2, 0.25) is 0 Å². The van der Waals surface area contributed by atoms with Gasteiger partial charge in [-0.2, -0.15) is 0 Å². The number of rotatable bonds is 6. The van der Waals surface area contributed by atoms with Gasteiger partial charge in [-0.3, -0.25) is 19.1 Å². The number of aryl methyl sites for hydroxylation is 2. The molecule has 7 heteroatoms. The number of hydrogen-bond donors (Lipinski definition) is 3. The van der Waals surface area contributed by atoms with Crippen molar-refractivity contribution in [3.63, 3.8) is 0 Å². The molecule has 0 saturated heterocycles. The lowest BCUT2D eigenvalue weighted by Gasteiger charge is -2.18. The molecule has 160 valence electrons. The second-order valence-electron chi connectivity index (χ2n) is 8.41. The van der Waals surface area contributed by atoms with Gasteiger partial charge in [0.25, 0.3) is 5.56 Å². The van der Waals surface area contributed by atoms with Gasteiger partial charge in [0.2, 0.25) is 5.78 Å². The quantitative estimate of drug-likeness (QED) is 0.382.